The number of hydrogen-bond acceptors (Lipinski definition) is 3. The minimum absolute atomic E-state index is 0.326. The fourth-order valence-corrected chi connectivity index (χ4v) is 2.47. The van der Waals surface area contributed by atoms with Gasteiger partial charge in [0, 0.05) is 11.8 Å². The lowest BCUT2D eigenvalue weighted by atomic mass is 10.1. The third-order valence-corrected chi connectivity index (χ3v) is 3.62. The van der Waals surface area contributed by atoms with Crippen molar-refractivity contribution in [3.63, 3.8) is 0 Å². The molecule has 4 heteroatoms. The van der Waals surface area contributed by atoms with Crippen LogP contribution in [0.15, 0.2) is 30.5 Å². The second-order valence-electron chi connectivity index (χ2n) is 4.96. The molecule has 112 valence electrons. The van der Waals surface area contributed by atoms with Gasteiger partial charge in [-0.3, -0.25) is 9.48 Å². The van der Waals surface area contributed by atoms with Gasteiger partial charge < -0.3 is 4.74 Å². The average Bonchev–Trinajstić information content (AvgIpc) is 2.93. The third kappa shape index (κ3) is 3.32. The van der Waals surface area contributed by atoms with Crippen molar-refractivity contribution in [2.45, 2.75) is 39.7 Å². The summed E-state index contributed by atoms with van der Waals surface area (Å²) in [5.41, 5.74) is 2.25. The Morgan fingerprint density at radius 1 is 1.29 bits per heavy atom. The maximum atomic E-state index is 11.3. The van der Waals surface area contributed by atoms with Crippen LogP contribution >= 0.6 is 0 Å². The Morgan fingerprint density at radius 3 is 2.67 bits per heavy atom. The molecule has 0 saturated heterocycles. The van der Waals surface area contributed by atoms with Gasteiger partial charge in [0.15, 0.2) is 6.29 Å². The summed E-state index contributed by atoms with van der Waals surface area (Å²) in [6.45, 7) is 6.83. The molecule has 0 amide bonds. The van der Waals surface area contributed by atoms with E-state index in [1.165, 1.54) is 0 Å². The Balaban J connectivity index is 2.42. The van der Waals surface area contributed by atoms with Gasteiger partial charge in [-0.25, -0.2) is 0 Å². The first kappa shape index (κ1) is 15.3. The molecule has 1 aromatic carbocycles. The maximum absolute atomic E-state index is 11.3. The molecule has 21 heavy (non-hydrogen) atoms. The summed E-state index contributed by atoms with van der Waals surface area (Å²) in [6, 6.07) is 8.04. The summed E-state index contributed by atoms with van der Waals surface area (Å²) in [5.74, 6) is 0.795. The molecular weight excluding hydrogens is 264 g/mol. The van der Waals surface area contributed by atoms with Crippen LogP contribution in [0.4, 0.5) is 0 Å². The van der Waals surface area contributed by atoms with Crippen LogP contribution in [0.3, 0.4) is 0 Å². The van der Waals surface area contributed by atoms with E-state index in [1.807, 2.05) is 42.1 Å². The van der Waals surface area contributed by atoms with E-state index in [0.717, 1.165) is 36.1 Å². The van der Waals surface area contributed by atoms with Gasteiger partial charge in [0.2, 0.25) is 0 Å². The van der Waals surface area contributed by atoms with Crippen LogP contribution in [0.5, 0.6) is 5.75 Å². The van der Waals surface area contributed by atoms with Gasteiger partial charge in [-0.05, 0) is 31.9 Å². The van der Waals surface area contributed by atoms with Crippen LogP contribution in [0, 0.1) is 0 Å². The van der Waals surface area contributed by atoms with Crippen LogP contribution in [-0.4, -0.2) is 22.7 Å². The second-order valence-corrected chi connectivity index (χ2v) is 4.96. The number of hydrogen-bond donors (Lipinski definition) is 0. The van der Waals surface area contributed by atoms with E-state index in [1.54, 1.807) is 0 Å². The quantitative estimate of drug-likeness (QED) is 0.719. The molecule has 1 heterocycles. The van der Waals surface area contributed by atoms with E-state index in [-0.39, 0.29) is 0 Å². The van der Waals surface area contributed by atoms with Gasteiger partial charge in [-0.2, -0.15) is 5.10 Å². The summed E-state index contributed by atoms with van der Waals surface area (Å²) in [5, 5.41) is 4.62. The van der Waals surface area contributed by atoms with Crippen molar-refractivity contribution in [1.82, 2.24) is 9.78 Å². The molecule has 0 N–H and O–H groups in total. The van der Waals surface area contributed by atoms with Gasteiger partial charge in [-0.15, -0.1) is 0 Å². The molecule has 0 aliphatic rings. The standard InChI is InChI=1S/C17H22N2O2/c1-4-15(5-2)19-11-14(12-20)17(18-19)13-8-7-9-16(10-13)21-6-3/h7-12,15H,4-6H2,1-3H3. The van der Waals surface area contributed by atoms with E-state index < -0.39 is 0 Å². The Bertz CT molecular complexity index is 601. The van der Waals surface area contributed by atoms with E-state index >= 15 is 0 Å². The topological polar surface area (TPSA) is 44.1 Å². The van der Waals surface area contributed by atoms with Crippen molar-refractivity contribution in [2.75, 3.05) is 6.61 Å². The molecule has 0 aliphatic carbocycles. The van der Waals surface area contributed by atoms with Crippen LogP contribution in [0.25, 0.3) is 11.3 Å². The van der Waals surface area contributed by atoms with E-state index in [9.17, 15) is 4.79 Å². The first-order valence-corrected chi connectivity index (χ1v) is 7.51. The highest BCUT2D eigenvalue weighted by atomic mass is 16.5. The zero-order chi connectivity index (χ0) is 15.2. The Labute approximate surface area is 125 Å². The van der Waals surface area contributed by atoms with Crippen molar-refractivity contribution in [3.8, 4) is 17.0 Å². The number of rotatable bonds is 7. The average molecular weight is 286 g/mol. The van der Waals surface area contributed by atoms with Crippen molar-refractivity contribution < 1.29 is 9.53 Å². The molecule has 0 bridgehead atoms. The smallest absolute Gasteiger partial charge is 0.153 e. The first-order chi connectivity index (χ1) is 10.2. The molecule has 1 aromatic heterocycles. The fraction of sp³-hybridized carbons (Fsp3) is 0.412. The molecule has 0 atom stereocenters. The number of aromatic nitrogens is 2. The zero-order valence-corrected chi connectivity index (χ0v) is 12.9. The molecule has 2 aromatic rings. The van der Waals surface area contributed by atoms with Crippen LogP contribution in [0.1, 0.15) is 50.0 Å². The van der Waals surface area contributed by atoms with Gasteiger partial charge in [0.05, 0.1) is 18.2 Å². The van der Waals surface area contributed by atoms with Crippen LogP contribution in [0.2, 0.25) is 0 Å². The molecule has 0 unspecified atom stereocenters. The summed E-state index contributed by atoms with van der Waals surface area (Å²) < 4.78 is 7.42. The Hall–Kier alpha value is -2.10. The molecule has 0 fully saturated rings. The lowest BCUT2D eigenvalue weighted by molar-refractivity contribution is 0.112. The van der Waals surface area contributed by atoms with Crippen molar-refractivity contribution in [3.05, 3.63) is 36.0 Å². The number of ether oxygens (including phenoxy) is 1. The number of carbonyl (C=O) groups excluding carboxylic acids is 1. The number of aldehydes is 1. The Kier molecular flexibility index (Phi) is 5.14. The first-order valence-electron chi connectivity index (χ1n) is 7.51. The molecule has 2 rings (SSSR count). The fourth-order valence-electron chi connectivity index (χ4n) is 2.47. The van der Waals surface area contributed by atoms with E-state index in [0.29, 0.717) is 18.2 Å². The summed E-state index contributed by atoms with van der Waals surface area (Å²) in [7, 11) is 0. The van der Waals surface area contributed by atoms with Gasteiger partial charge in [0.1, 0.15) is 11.4 Å². The summed E-state index contributed by atoms with van der Waals surface area (Å²) in [4.78, 5) is 11.3. The summed E-state index contributed by atoms with van der Waals surface area (Å²) in [6.07, 6.45) is 4.70. The highest BCUT2D eigenvalue weighted by Crippen LogP contribution is 2.27. The number of benzene rings is 1. The molecule has 0 radical (unpaired) electrons. The van der Waals surface area contributed by atoms with Crippen molar-refractivity contribution >= 4 is 6.29 Å². The predicted octanol–water partition coefficient (Wildman–Crippen LogP) is 4.12. The number of nitrogens with zero attached hydrogens (tertiary/aromatic N) is 2. The largest absolute Gasteiger partial charge is 0.494 e. The molecule has 4 nitrogen and oxygen atoms in total. The van der Waals surface area contributed by atoms with E-state index in [4.69, 9.17) is 4.74 Å². The minimum Gasteiger partial charge on any atom is -0.494 e. The lowest BCUT2D eigenvalue weighted by Crippen LogP contribution is -2.07. The van der Waals surface area contributed by atoms with Gasteiger partial charge >= 0.3 is 0 Å². The molecular formula is C17H22N2O2. The highest BCUT2D eigenvalue weighted by molar-refractivity contribution is 5.85. The van der Waals surface area contributed by atoms with Crippen LogP contribution < -0.4 is 4.74 Å². The lowest BCUT2D eigenvalue weighted by Gasteiger charge is -2.12. The molecule has 0 saturated carbocycles. The maximum Gasteiger partial charge on any atom is 0.153 e. The monoisotopic (exact) mass is 286 g/mol. The third-order valence-electron chi connectivity index (χ3n) is 3.62. The number of carbonyl (C=O) groups is 1. The normalized spacial score (nSPS) is 10.9. The van der Waals surface area contributed by atoms with Crippen molar-refractivity contribution in [2.24, 2.45) is 0 Å². The molecule has 0 aliphatic heterocycles. The van der Waals surface area contributed by atoms with E-state index in [2.05, 4.69) is 18.9 Å². The minimum atomic E-state index is 0.326. The Morgan fingerprint density at radius 2 is 2.05 bits per heavy atom. The van der Waals surface area contributed by atoms with Gasteiger partial charge in [0.25, 0.3) is 0 Å². The predicted molar refractivity (Wildman–Crippen MR) is 83.8 cm³/mol. The summed E-state index contributed by atoms with van der Waals surface area (Å²) >= 11 is 0. The molecule has 0 spiro atoms. The van der Waals surface area contributed by atoms with Crippen molar-refractivity contribution in [1.29, 1.82) is 0 Å². The highest BCUT2D eigenvalue weighted by Gasteiger charge is 2.15. The SMILES string of the molecule is CCOc1cccc(-c2nn(C(CC)CC)cc2C=O)c1. The van der Waals surface area contributed by atoms with Crippen LogP contribution in [-0.2, 0) is 0 Å². The van der Waals surface area contributed by atoms with Gasteiger partial charge in [-0.1, -0.05) is 26.0 Å². The zero-order valence-electron chi connectivity index (χ0n) is 12.9. The second kappa shape index (κ2) is 7.07.